The van der Waals surface area contributed by atoms with Gasteiger partial charge in [-0.15, -0.1) is 10.2 Å². The van der Waals surface area contributed by atoms with Crippen LogP contribution in [-0.4, -0.2) is 64.8 Å². The highest BCUT2D eigenvalue weighted by Gasteiger charge is 2.22. The molecule has 1 aromatic heterocycles. The van der Waals surface area contributed by atoms with Crippen LogP contribution in [0.5, 0.6) is 5.75 Å². The molecule has 0 radical (unpaired) electrons. The molecule has 1 aliphatic rings. The Kier molecular flexibility index (Phi) is 7.05. The van der Waals surface area contributed by atoms with E-state index in [0.29, 0.717) is 43.1 Å². The number of nitrogens with one attached hydrogen (secondary N) is 1. The number of aromatic nitrogens is 3. The van der Waals surface area contributed by atoms with Crippen molar-refractivity contribution in [3.05, 3.63) is 58.6 Å². The van der Waals surface area contributed by atoms with Crippen molar-refractivity contribution in [3.8, 4) is 11.4 Å². The molecule has 1 aliphatic heterocycles. The molecule has 12 heteroatoms. The Morgan fingerprint density at radius 3 is 2.67 bits per heavy atom. The third kappa shape index (κ3) is 5.23. The molecule has 172 valence electrons. The average molecular weight is 471 g/mol. The zero-order valence-electron chi connectivity index (χ0n) is 17.8. The fraction of sp³-hybridized carbons (Fsp3) is 0.286. The van der Waals surface area contributed by atoms with E-state index < -0.39 is 4.92 Å². The number of methoxy groups -OCH3 is 1. The van der Waals surface area contributed by atoms with Gasteiger partial charge in [-0.25, -0.2) is 0 Å². The van der Waals surface area contributed by atoms with Crippen molar-refractivity contribution in [2.24, 2.45) is 0 Å². The fourth-order valence-corrected chi connectivity index (χ4v) is 4.09. The maximum absolute atomic E-state index is 12.6. The number of thioether (sulfide) groups is 1. The normalized spacial score (nSPS) is 13.5. The van der Waals surface area contributed by atoms with Crippen LogP contribution in [0.1, 0.15) is 0 Å². The van der Waals surface area contributed by atoms with Crippen molar-refractivity contribution in [1.82, 2.24) is 14.8 Å². The van der Waals surface area contributed by atoms with Gasteiger partial charge in [-0.2, -0.15) is 0 Å². The van der Waals surface area contributed by atoms with Crippen LogP contribution in [-0.2, 0) is 9.53 Å². The molecule has 2 aromatic carbocycles. The highest BCUT2D eigenvalue weighted by atomic mass is 32.2. The van der Waals surface area contributed by atoms with E-state index in [9.17, 15) is 14.9 Å². The van der Waals surface area contributed by atoms with Gasteiger partial charge in [0.25, 0.3) is 5.69 Å². The largest absolute Gasteiger partial charge is 0.494 e. The van der Waals surface area contributed by atoms with E-state index in [-0.39, 0.29) is 23.1 Å². The Morgan fingerprint density at radius 2 is 1.97 bits per heavy atom. The summed E-state index contributed by atoms with van der Waals surface area (Å²) in [6.45, 7) is 2.64. The number of nitrogens with zero attached hydrogens (tertiary/aromatic N) is 5. The molecule has 1 N–H and O–H groups in total. The van der Waals surface area contributed by atoms with Gasteiger partial charge in [-0.05, 0) is 18.2 Å². The lowest BCUT2D eigenvalue weighted by molar-refractivity contribution is -0.384. The molecular formula is C21H22N6O5S. The summed E-state index contributed by atoms with van der Waals surface area (Å²) in [5.74, 6) is 0.672. The van der Waals surface area contributed by atoms with E-state index in [1.165, 1.54) is 37.1 Å². The standard InChI is InChI=1S/C21H22N6O5S/c1-31-18-13-16(27(29)30)7-8-17(18)22-19(28)14-33-21-24-23-20(25-9-11-32-12-10-25)26(21)15-5-3-2-4-6-15/h2-8,13H,9-12,14H2,1H3,(H,22,28). The number of rotatable bonds is 8. The van der Waals surface area contributed by atoms with E-state index in [1.807, 2.05) is 34.9 Å². The van der Waals surface area contributed by atoms with Crippen molar-refractivity contribution in [2.45, 2.75) is 5.16 Å². The van der Waals surface area contributed by atoms with Crippen molar-refractivity contribution < 1.29 is 19.2 Å². The number of hydrogen-bond donors (Lipinski definition) is 1. The number of benzene rings is 2. The second-order valence-corrected chi connectivity index (χ2v) is 7.97. The number of nitro groups is 1. The third-order valence-electron chi connectivity index (χ3n) is 4.93. The predicted octanol–water partition coefficient (Wildman–Crippen LogP) is 2.75. The minimum atomic E-state index is -0.521. The molecule has 0 spiro atoms. The summed E-state index contributed by atoms with van der Waals surface area (Å²) in [6.07, 6.45) is 0. The number of non-ortho nitro benzene ring substituents is 1. The van der Waals surface area contributed by atoms with Crippen molar-refractivity contribution in [3.63, 3.8) is 0 Å². The summed E-state index contributed by atoms with van der Waals surface area (Å²) < 4.78 is 12.5. The summed E-state index contributed by atoms with van der Waals surface area (Å²) in [6, 6.07) is 13.7. The number of anilines is 2. The Morgan fingerprint density at radius 1 is 1.21 bits per heavy atom. The minimum absolute atomic E-state index is 0.0637. The number of amides is 1. The maximum atomic E-state index is 12.6. The van der Waals surface area contributed by atoms with Crippen LogP contribution in [0.4, 0.5) is 17.3 Å². The van der Waals surface area contributed by atoms with Gasteiger partial charge in [0.15, 0.2) is 5.16 Å². The number of carbonyl (C=O) groups is 1. The summed E-state index contributed by atoms with van der Waals surface area (Å²) in [5.41, 5.74) is 1.13. The van der Waals surface area contributed by atoms with Crippen LogP contribution in [0.25, 0.3) is 5.69 Å². The third-order valence-corrected chi connectivity index (χ3v) is 5.86. The van der Waals surface area contributed by atoms with Crippen LogP contribution in [0.3, 0.4) is 0 Å². The first kappa shape index (κ1) is 22.6. The van der Waals surface area contributed by atoms with Crippen LogP contribution in [0, 0.1) is 10.1 Å². The van der Waals surface area contributed by atoms with Crippen molar-refractivity contribution >= 4 is 35.0 Å². The summed E-state index contributed by atoms with van der Waals surface area (Å²) >= 11 is 1.25. The lowest BCUT2D eigenvalue weighted by Crippen LogP contribution is -2.37. The number of carbonyl (C=O) groups excluding carboxylic acids is 1. The first-order chi connectivity index (χ1) is 16.1. The molecule has 1 amide bonds. The molecule has 33 heavy (non-hydrogen) atoms. The Labute approximate surface area is 193 Å². The van der Waals surface area contributed by atoms with E-state index >= 15 is 0 Å². The molecule has 0 saturated carbocycles. The van der Waals surface area contributed by atoms with Crippen LogP contribution >= 0.6 is 11.8 Å². The number of nitro benzene ring substituents is 1. The fourth-order valence-electron chi connectivity index (χ4n) is 3.34. The molecule has 3 aromatic rings. The van der Waals surface area contributed by atoms with Gasteiger partial charge < -0.3 is 19.7 Å². The number of para-hydroxylation sites is 1. The van der Waals surface area contributed by atoms with Gasteiger partial charge in [0.05, 0.1) is 48.4 Å². The Bertz CT molecular complexity index is 1130. The highest BCUT2D eigenvalue weighted by molar-refractivity contribution is 7.99. The number of hydrogen-bond acceptors (Lipinski definition) is 9. The first-order valence-corrected chi connectivity index (χ1v) is 11.1. The van der Waals surface area contributed by atoms with Gasteiger partial charge in [0.2, 0.25) is 11.9 Å². The average Bonchev–Trinajstić information content (AvgIpc) is 3.28. The van der Waals surface area contributed by atoms with Crippen molar-refractivity contribution in [1.29, 1.82) is 0 Å². The van der Waals surface area contributed by atoms with Crippen molar-refractivity contribution in [2.75, 3.05) is 49.4 Å². The molecule has 0 aliphatic carbocycles. The first-order valence-electron chi connectivity index (χ1n) is 10.2. The van der Waals surface area contributed by atoms with Gasteiger partial charge in [-0.1, -0.05) is 30.0 Å². The van der Waals surface area contributed by atoms with Crippen LogP contribution in [0.15, 0.2) is 53.7 Å². The van der Waals surface area contributed by atoms with Gasteiger partial charge in [0, 0.05) is 19.2 Å². The lowest BCUT2D eigenvalue weighted by Gasteiger charge is -2.27. The van der Waals surface area contributed by atoms with Gasteiger partial charge in [-0.3, -0.25) is 19.5 Å². The maximum Gasteiger partial charge on any atom is 0.273 e. The smallest absolute Gasteiger partial charge is 0.273 e. The van der Waals surface area contributed by atoms with Crippen LogP contribution < -0.4 is 15.0 Å². The molecule has 0 unspecified atom stereocenters. The lowest BCUT2D eigenvalue weighted by atomic mass is 10.2. The SMILES string of the molecule is COc1cc([N+](=O)[O-])ccc1NC(=O)CSc1nnc(N2CCOCC2)n1-c1ccccc1. The molecule has 1 fully saturated rings. The van der Waals surface area contributed by atoms with Gasteiger partial charge >= 0.3 is 0 Å². The molecule has 4 rings (SSSR count). The van der Waals surface area contributed by atoms with E-state index in [2.05, 4.69) is 20.4 Å². The van der Waals surface area contributed by atoms with E-state index in [4.69, 9.17) is 9.47 Å². The zero-order chi connectivity index (χ0) is 23.2. The highest BCUT2D eigenvalue weighted by Crippen LogP contribution is 2.30. The molecule has 11 nitrogen and oxygen atoms in total. The zero-order valence-corrected chi connectivity index (χ0v) is 18.7. The van der Waals surface area contributed by atoms with E-state index in [0.717, 1.165) is 5.69 Å². The summed E-state index contributed by atoms with van der Waals surface area (Å²) in [7, 11) is 1.39. The molecule has 1 saturated heterocycles. The second kappa shape index (κ2) is 10.3. The van der Waals surface area contributed by atoms with Crippen LogP contribution in [0.2, 0.25) is 0 Å². The second-order valence-electron chi connectivity index (χ2n) is 7.03. The molecule has 2 heterocycles. The van der Waals surface area contributed by atoms with E-state index in [1.54, 1.807) is 0 Å². The predicted molar refractivity (Wildman–Crippen MR) is 123 cm³/mol. The summed E-state index contributed by atoms with van der Waals surface area (Å²) in [5, 5.41) is 23.0. The van der Waals surface area contributed by atoms with Gasteiger partial charge in [0.1, 0.15) is 5.75 Å². The number of morpholine rings is 1. The monoisotopic (exact) mass is 470 g/mol. The molecular weight excluding hydrogens is 448 g/mol. The topological polar surface area (TPSA) is 125 Å². The molecule has 0 bridgehead atoms. The Balaban J connectivity index is 1.51. The Hall–Kier alpha value is -3.64. The minimum Gasteiger partial charge on any atom is -0.494 e. The molecule has 0 atom stereocenters. The summed E-state index contributed by atoms with van der Waals surface area (Å²) in [4.78, 5) is 25.2. The quantitative estimate of drug-likeness (QED) is 0.300. The number of ether oxygens (including phenoxy) is 2.